The number of aromatic nitrogens is 6. The third-order valence-electron chi connectivity index (χ3n) is 5.98. The predicted molar refractivity (Wildman–Crippen MR) is 127 cm³/mol. The quantitative estimate of drug-likeness (QED) is 0.259. The number of hydrogen-bond acceptors (Lipinski definition) is 4. The first-order chi connectivity index (χ1) is 16.1. The van der Waals surface area contributed by atoms with Crippen molar-refractivity contribution < 1.29 is 21.1 Å². The van der Waals surface area contributed by atoms with E-state index in [9.17, 15) is 0 Å². The van der Waals surface area contributed by atoms with Gasteiger partial charge >= 0.3 is 21.1 Å². The minimum absolute atomic E-state index is 0. The van der Waals surface area contributed by atoms with Crippen LogP contribution in [0.1, 0.15) is 25.2 Å². The molecule has 0 atom stereocenters. The smallest absolute Gasteiger partial charge is 0.374 e. The zero-order valence-corrected chi connectivity index (χ0v) is 20.9. The molecule has 0 spiro atoms. The third kappa shape index (κ3) is 3.64. The molecular formula is C27H20N6Pt. The molecular weight excluding hydrogens is 603 g/mol. The number of fused-ring (bicyclic) bond motifs is 2. The van der Waals surface area contributed by atoms with Gasteiger partial charge in [-0.3, -0.25) is 0 Å². The van der Waals surface area contributed by atoms with E-state index in [1.165, 1.54) is 0 Å². The zero-order chi connectivity index (χ0) is 22.4. The van der Waals surface area contributed by atoms with Gasteiger partial charge in [0.25, 0.3) is 0 Å². The van der Waals surface area contributed by atoms with Crippen LogP contribution in [0.4, 0.5) is 0 Å². The van der Waals surface area contributed by atoms with Gasteiger partial charge in [0, 0.05) is 28.1 Å². The van der Waals surface area contributed by atoms with Gasteiger partial charge in [-0.2, -0.15) is 0 Å². The van der Waals surface area contributed by atoms with Gasteiger partial charge in [0.05, 0.1) is 0 Å². The number of nitrogens with zero attached hydrogens (tertiary/aromatic N) is 6. The standard InChI is InChI=1S/C27H20N6.Pt/c1-27(2,23-11-7-9-19(30-23)21-17-28-25-13-3-5-15-32(21)25)24-12-8-10-20(31-24)22-18-29-26-14-4-6-16-33(22)26;/h3-16H,1-2H3;/q-2;+2. The Morgan fingerprint density at radius 3 is 1.56 bits per heavy atom. The van der Waals surface area contributed by atoms with E-state index >= 15 is 0 Å². The van der Waals surface area contributed by atoms with Gasteiger partial charge in [-0.25, -0.2) is 0 Å². The van der Waals surface area contributed by atoms with Crippen molar-refractivity contribution in [2.45, 2.75) is 19.3 Å². The largest absolute Gasteiger partial charge is 2.00 e. The summed E-state index contributed by atoms with van der Waals surface area (Å²) >= 11 is 0. The van der Waals surface area contributed by atoms with Crippen molar-refractivity contribution in [1.82, 2.24) is 28.7 Å². The molecule has 0 amide bonds. The summed E-state index contributed by atoms with van der Waals surface area (Å²) in [4.78, 5) is 18.8. The normalized spacial score (nSPS) is 11.6. The summed E-state index contributed by atoms with van der Waals surface area (Å²) in [6, 6.07) is 23.9. The first-order valence-electron chi connectivity index (χ1n) is 10.8. The van der Waals surface area contributed by atoms with Crippen LogP contribution in [0.2, 0.25) is 0 Å². The molecule has 0 N–H and O–H groups in total. The van der Waals surface area contributed by atoms with E-state index in [-0.39, 0.29) is 21.1 Å². The fourth-order valence-corrected chi connectivity index (χ4v) is 4.08. The Labute approximate surface area is 211 Å². The van der Waals surface area contributed by atoms with E-state index < -0.39 is 5.41 Å². The molecule has 0 saturated heterocycles. The second-order valence-corrected chi connectivity index (χ2v) is 8.44. The van der Waals surface area contributed by atoms with Crippen LogP contribution in [0.15, 0.2) is 85.2 Å². The van der Waals surface area contributed by atoms with Crippen molar-refractivity contribution in [2.75, 3.05) is 0 Å². The Morgan fingerprint density at radius 1 is 0.618 bits per heavy atom. The molecule has 0 radical (unpaired) electrons. The molecule has 6 nitrogen and oxygen atoms in total. The van der Waals surface area contributed by atoms with E-state index in [0.717, 1.165) is 45.5 Å². The van der Waals surface area contributed by atoms with Crippen LogP contribution >= 0.6 is 0 Å². The topological polar surface area (TPSA) is 60.4 Å². The minimum atomic E-state index is -0.424. The maximum absolute atomic E-state index is 5.00. The molecule has 7 heteroatoms. The maximum atomic E-state index is 5.00. The summed E-state index contributed by atoms with van der Waals surface area (Å²) in [5.74, 6) is 0. The Morgan fingerprint density at radius 2 is 1.09 bits per heavy atom. The number of hydrogen-bond donors (Lipinski definition) is 0. The number of rotatable bonds is 4. The number of imidazole rings is 2. The fourth-order valence-electron chi connectivity index (χ4n) is 4.08. The summed E-state index contributed by atoms with van der Waals surface area (Å²) < 4.78 is 4.00. The van der Waals surface area contributed by atoms with Crippen LogP contribution in [0.5, 0.6) is 0 Å². The van der Waals surface area contributed by atoms with Crippen LogP contribution in [0.3, 0.4) is 0 Å². The monoisotopic (exact) mass is 623 g/mol. The van der Waals surface area contributed by atoms with E-state index in [1.54, 1.807) is 0 Å². The van der Waals surface area contributed by atoms with Gasteiger partial charge in [-0.05, 0) is 73.3 Å². The van der Waals surface area contributed by atoms with E-state index in [2.05, 4.69) is 36.2 Å². The molecule has 0 aliphatic carbocycles. The molecule has 0 aromatic carbocycles. The average Bonchev–Trinajstić information content (AvgIpc) is 3.49. The van der Waals surface area contributed by atoms with Gasteiger partial charge in [0.15, 0.2) is 0 Å². The predicted octanol–water partition coefficient (Wildman–Crippen LogP) is 5.03. The Hall–Kier alpha value is -3.63. The molecule has 6 aromatic heterocycles. The van der Waals surface area contributed by atoms with Gasteiger partial charge < -0.3 is 28.7 Å². The summed E-state index contributed by atoms with van der Waals surface area (Å²) in [5, 5.41) is 0. The maximum Gasteiger partial charge on any atom is 2.00 e. The van der Waals surface area contributed by atoms with Crippen molar-refractivity contribution in [1.29, 1.82) is 0 Å². The van der Waals surface area contributed by atoms with E-state index in [0.29, 0.717) is 0 Å². The molecule has 6 heterocycles. The summed E-state index contributed by atoms with van der Waals surface area (Å²) in [7, 11) is 0. The first-order valence-corrected chi connectivity index (χ1v) is 10.8. The van der Waals surface area contributed by atoms with Crippen LogP contribution in [-0.2, 0) is 26.5 Å². The third-order valence-corrected chi connectivity index (χ3v) is 5.98. The molecule has 6 rings (SSSR count). The van der Waals surface area contributed by atoms with Gasteiger partial charge in [-0.1, -0.05) is 60.9 Å². The van der Waals surface area contributed by atoms with Crippen molar-refractivity contribution >= 4 is 11.3 Å². The second-order valence-electron chi connectivity index (χ2n) is 8.44. The van der Waals surface area contributed by atoms with Crippen molar-refractivity contribution in [3.63, 3.8) is 0 Å². The average molecular weight is 624 g/mol. The Bertz CT molecular complexity index is 1490. The summed E-state index contributed by atoms with van der Waals surface area (Å²) in [6.45, 7) is 4.28. The zero-order valence-electron chi connectivity index (χ0n) is 18.6. The molecule has 0 fully saturated rings. The first kappa shape index (κ1) is 22.2. The fraction of sp³-hybridized carbons (Fsp3) is 0.111. The van der Waals surface area contributed by atoms with Gasteiger partial charge in [0.2, 0.25) is 0 Å². The molecule has 0 aliphatic heterocycles. The SMILES string of the molecule is CC(C)(c1cccc(-c2[c-]nc3ccccn23)n1)c1cccc(-c2[c-]nc3ccccn23)n1.[Pt+2]. The molecule has 0 saturated carbocycles. The Balaban J connectivity index is 0.00000241. The van der Waals surface area contributed by atoms with E-state index in [4.69, 9.17) is 9.97 Å². The van der Waals surface area contributed by atoms with Crippen LogP contribution in [-0.4, -0.2) is 28.7 Å². The molecule has 6 aromatic rings. The molecule has 0 bridgehead atoms. The van der Waals surface area contributed by atoms with Crippen LogP contribution in [0.25, 0.3) is 34.1 Å². The van der Waals surface area contributed by atoms with Crippen LogP contribution in [0, 0.1) is 12.4 Å². The van der Waals surface area contributed by atoms with Crippen LogP contribution < -0.4 is 0 Å². The minimum Gasteiger partial charge on any atom is -0.374 e. The number of pyridine rings is 4. The van der Waals surface area contributed by atoms with Gasteiger partial charge in [0.1, 0.15) is 0 Å². The Kier molecular flexibility index (Phi) is 5.62. The second kappa shape index (κ2) is 8.62. The van der Waals surface area contributed by atoms with Crippen molar-refractivity contribution in [3.05, 3.63) is 109 Å². The molecule has 168 valence electrons. The molecule has 0 unspecified atom stereocenters. The summed E-state index contributed by atoms with van der Waals surface area (Å²) in [6.07, 6.45) is 10.2. The van der Waals surface area contributed by atoms with E-state index in [1.807, 2.05) is 94.0 Å². The van der Waals surface area contributed by atoms with Gasteiger partial charge in [-0.15, -0.1) is 0 Å². The molecule has 0 aliphatic rings. The molecule has 34 heavy (non-hydrogen) atoms. The van der Waals surface area contributed by atoms with Crippen molar-refractivity contribution in [2.24, 2.45) is 0 Å². The summed E-state index contributed by atoms with van der Waals surface area (Å²) in [5.41, 5.74) is 6.44. The van der Waals surface area contributed by atoms with Crippen molar-refractivity contribution in [3.8, 4) is 22.8 Å².